The van der Waals surface area contributed by atoms with Gasteiger partial charge < -0.3 is 18.7 Å². The van der Waals surface area contributed by atoms with Crippen LogP contribution in [0.3, 0.4) is 0 Å². The molecule has 0 N–H and O–H groups in total. The first kappa shape index (κ1) is 23.9. The lowest BCUT2D eigenvalue weighted by atomic mass is 9.97. The van der Waals surface area contributed by atoms with E-state index in [1.165, 1.54) is 7.11 Å². The normalized spacial score (nSPS) is 14.5. The Morgan fingerprint density at radius 3 is 2.31 bits per heavy atom. The molecule has 10 heteroatoms. The van der Waals surface area contributed by atoms with Gasteiger partial charge in [0.1, 0.15) is 17.5 Å². The summed E-state index contributed by atoms with van der Waals surface area (Å²) in [5, 5.41) is 3.94. The quantitative estimate of drug-likeness (QED) is 0.335. The van der Waals surface area contributed by atoms with Crippen LogP contribution in [-0.4, -0.2) is 53.1 Å². The lowest BCUT2D eigenvalue weighted by Crippen LogP contribution is -2.49. The molecule has 35 heavy (non-hydrogen) atoms. The van der Waals surface area contributed by atoms with Crippen LogP contribution in [0.4, 0.5) is 0 Å². The topological polar surface area (TPSA) is 121 Å². The van der Waals surface area contributed by atoms with Crippen molar-refractivity contribution in [2.24, 2.45) is 5.92 Å². The number of carbonyl (C=O) groups is 3. The van der Waals surface area contributed by atoms with Crippen molar-refractivity contribution in [1.82, 2.24) is 15.0 Å². The summed E-state index contributed by atoms with van der Waals surface area (Å²) >= 11 is 0. The van der Waals surface area contributed by atoms with Crippen LogP contribution in [0.25, 0.3) is 11.4 Å². The number of ether oxygens (including phenoxy) is 3. The first-order chi connectivity index (χ1) is 16.9. The van der Waals surface area contributed by atoms with Crippen LogP contribution in [0.5, 0.6) is 11.5 Å². The first-order valence-electron chi connectivity index (χ1n) is 11.1. The van der Waals surface area contributed by atoms with Gasteiger partial charge in [0.15, 0.2) is 6.61 Å². The summed E-state index contributed by atoms with van der Waals surface area (Å²) in [6.07, 6.45) is 0.551. The summed E-state index contributed by atoms with van der Waals surface area (Å²) in [6.45, 7) is 3.34. The molecule has 1 aliphatic rings. The molecule has 2 amide bonds. The standard InChI is InChI=1S/C25H25N3O7/c1-5-14(2)21(28-23(29)16-8-6-7-9-17(16)24(28)30)25(31)34-13-20-26-22(27-35-20)18-11-10-15(32-3)12-19(18)33-4/h6-12,14,21H,5,13H2,1-4H3/t14-,21-/m0/s1. The fourth-order valence-corrected chi connectivity index (χ4v) is 3.90. The lowest BCUT2D eigenvalue weighted by Gasteiger charge is -2.28. The van der Waals surface area contributed by atoms with Crippen molar-refractivity contribution in [1.29, 1.82) is 0 Å². The number of amides is 2. The molecule has 2 atom stereocenters. The minimum Gasteiger partial charge on any atom is -0.497 e. The summed E-state index contributed by atoms with van der Waals surface area (Å²) < 4.78 is 21.2. The molecule has 2 heterocycles. The molecule has 1 aliphatic heterocycles. The zero-order chi connectivity index (χ0) is 25.1. The highest BCUT2D eigenvalue weighted by atomic mass is 16.6. The highest BCUT2D eigenvalue weighted by Gasteiger charge is 2.45. The molecule has 0 saturated heterocycles. The van der Waals surface area contributed by atoms with E-state index in [1.54, 1.807) is 56.5 Å². The fraction of sp³-hybridized carbons (Fsp3) is 0.320. The maximum atomic E-state index is 13.1. The molecular formula is C25H25N3O7. The monoisotopic (exact) mass is 479 g/mol. The number of nitrogens with zero attached hydrogens (tertiary/aromatic N) is 3. The van der Waals surface area contributed by atoms with Crippen molar-refractivity contribution in [2.45, 2.75) is 32.9 Å². The molecule has 0 aliphatic carbocycles. The Morgan fingerprint density at radius 2 is 1.71 bits per heavy atom. The molecule has 0 saturated carbocycles. The second-order valence-corrected chi connectivity index (χ2v) is 8.04. The first-order valence-corrected chi connectivity index (χ1v) is 11.1. The van der Waals surface area contributed by atoms with Crippen LogP contribution < -0.4 is 9.47 Å². The van der Waals surface area contributed by atoms with Gasteiger partial charge in [-0.1, -0.05) is 37.6 Å². The van der Waals surface area contributed by atoms with Crippen molar-refractivity contribution in [3.8, 4) is 22.9 Å². The Morgan fingerprint density at radius 1 is 1.03 bits per heavy atom. The Balaban J connectivity index is 1.51. The van der Waals surface area contributed by atoms with E-state index in [2.05, 4.69) is 10.1 Å². The predicted molar refractivity (Wildman–Crippen MR) is 123 cm³/mol. The Labute approximate surface area is 201 Å². The van der Waals surface area contributed by atoms with Gasteiger partial charge in [0.05, 0.1) is 30.9 Å². The van der Waals surface area contributed by atoms with Crippen molar-refractivity contribution in [3.05, 3.63) is 59.5 Å². The molecular weight excluding hydrogens is 454 g/mol. The fourth-order valence-electron chi connectivity index (χ4n) is 3.90. The van der Waals surface area contributed by atoms with E-state index in [1.807, 2.05) is 6.92 Å². The van der Waals surface area contributed by atoms with Crippen LogP contribution >= 0.6 is 0 Å². The maximum absolute atomic E-state index is 13.1. The third-order valence-electron chi connectivity index (χ3n) is 5.98. The number of imide groups is 1. The molecule has 182 valence electrons. The number of hydrogen-bond acceptors (Lipinski definition) is 9. The van der Waals surface area contributed by atoms with E-state index in [-0.39, 0.29) is 35.4 Å². The number of benzene rings is 2. The van der Waals surface area contributed by atoms with Gasteiger partial charge in [-0.25, -0.2) is 4.79 Å². The third-order valence-corrected chi connectivity index (χ3v) is 5.98. The van der Waals surface area contributed by atoms with Crippen LogP contribution in [0.1, 0.15) is 46.9 Å². The van der Waals surface area contributed by atoms with Gasteiger partial charge in [0.25, 0.3) is 17.7 Å². The summed E-state index contributed by atoms with van der Waals surface area (Å²) in [6, 6.07) is 10.5. The SMILES string of the molecule is CC[C@H](C)[C@@H](C(=O)OCc1nc(-c2ccc(OC)cc2OC)no1)N1C(=O)c2ccccc2C1=O. The molecule has 1 aromatic heterocycles. The van der Waals surface area contributed by atoms with Crippen LogP contribution in [0.15, 0.2) is 47.0 Å². The molecule has 10 nitrogen and oxygen atoms in total. The zero-order valence-corrected chi connectivity index (χ0v) is 19.8. The second kappa shape index (κ2) is 9.96. The highest BCUT2D eigenvalue weighted by molar-refractivity contribution is 6.22. The minimum absolute atomic E-state index is 0.0523. The molecule has 0 spiro atoms. The van der Waals surface area contributed by atoms with Crippen molar-refractivity contribution >= 4 is 17.8 Å². The third kappa shape index (κ3) is 4.46. The number of fused-ring (bicyclic) bond motifs is 1. The molecule has 0 unspecified atom stereocenters. The highest BCUT2D eigenvalue weighted by Crippen LogP contribution is 2.32. The molecule has 4 rings (SSSR count). The van der Waals surface area contributed by atoms with Gasteiger partial charge in [-0.2, -0.15) is 4.98 Å². The van der Waals surface area contributed by atoms with Gasteiger partial charge in [-0.15, -0.1) is 0 Å². The maximum Gasteiger partial charge on any atom is 0.330 e. The van der Waals surface area contributed by atoms with E-state index in [4.69, 9.17) is 18.7 Å². The number of methoxy groups -OCH3 is 2. The summed E-state index contributed by atoms with van der Waals surface area (Å²) in [5.41, 5.74) is 1.11. The van der Waals surface area contributed by atoms with Crippen molar-refractivity contribution < 1.29 is 33.1 Å². The van der Waals surface area contributed by atoms with Gasteiger partial charge in [-0.3, -0.25) is 14.5 Å². The van der Waals surface area contributed by atoms with Crippen molar-refractivity contribution in [2.75, 3.05) is 14.2 Å². The number of esters is 1. The molecule has 0 radical (unpaired) electrons. The Bertz CT molecular complexity index is 1230. The molecule has 0 fully saturated rings. The van der Waals surface area contributed by atoms with Crippen LogP contribution in [-0.2, 0) is 16.1 Å². The van der Waals surface area contributed by atoms with E-state index in [0.29, 0.717) is 23.5 Å². The summed E-state index contributed by atoms with van der Waals surface area (Å²) in [5.74, 6) is -0.698. The van der Waals surface area contributed by atoms with Crippen LogP contribution in [0.2, 0.25) is 0 Å². The molecule has 0 bridgehead atoms. The van der Waals surface area contributed by atoms with Gasteiger partial charge >= 0.3 is 5.97 Å². The average molecular weight is 479 g/mol. The number of aromatic nitrogens is 2. The van der Waals surface area contributed by atoms with E-state index >= 15 is 0 Å². The number of hydrogen-bond donors (Lipinski definition) is 0. The molecule has 2 aromatic carbocycles. The van der Waals surface area contributed by atoms with E-state index in [9.17, 15) is 14.4 Å². The van der Waals surface area contributed by atoms with E-state index in [0.717, 1.165) is 4.90 Å². The van der Waals surface area contributed by atoms with Gasteiger partial charge in [0, 0.05) is 6.07 Å². The second-order valence-electron chi connectivity index (χ2n) is 8.04. The van der Waals surface area contributed by atoms with E-state index < -0.39 is 23.8 Å². The van der Waals surface area contributed by atoms with Gasteiger partial charge in [-0.05, 0) is 30.2 Å². The summed E-state index contributed by atoms with van der Waals surface area (Å²) in [7, 11) is 3.05. The molecule has 3 aromatic rings. The average Bonchev–Trinajstić information content (AvgIpc) is 3.46. The largest absolute Gasteiger partial charge is 0.497 e. The van der Waals surface area contributed by atoms with Crippen LogP contribution in [0, 0.1) is 5.92 Å². The summed E-state index contributed by atoms with van der Waals surface area (Å²) in [4.78, 5) is 44.3. The van der Waals surface area contributed by atoms with Gasteiger partial charge in [0.2, 0.25) is 5.82 Å². The Kier molecular flexibility index (Phi) is 6.81. The smallest absolute Gasteiger partial charge is 0.330 e. The zero-order valence-electron chi connectivity index (χ0n) is 19.8. The number of rotatable bonds is 9. The number of carbonyl (C=O) groups excluding carboxylic acids is 3. The lowest BCUT2D eigenvalue weighted by molar-refractivity contribution is -0.152. The van der Waals surface area contributed by atoms with Crippen molar-refractivity contribution in [3.63, 3.8) is 0 Å². The Hall–Kier alpha value is -4.21. The minimum atomic E-state index is -1.09. The predicted octanol–water partition coefficient (Wildman–Crippen LogP) is 3.51.